The second-order valence-electron chi connectivity index (χ2n) is 9.42. The molecule has 0 bridgehead atoms. The van der Waals surface area contributed by atoms with Crippen LogP contribution in [-0.4, -0.2) is 52.0 Å². The van der Waals surface area contributed by atoms with E-state index in [0.717, 1.165) is 33.9 Å². The molecule has 40 heavy (non-hydrogen) atoms. The SMILES string of the molecule is CCCCSc1ccc(-c2nn(-c3ccccc3)cc2/C=C2/C(=O)N(CCCOCC)C(=O)C(C#N)=C2C)cc1. The second kappa shape index (κ2) is 13.9. The molecule has 0 unspecified atom stereocenters. The van der Waals surface area contributed by atoms with Gasteiger partial charge in [-0.05, 0) is 68.4 Å². The predicted molar refractivity (Wildman–Crippen MR) is 159 cm³/mol. The van der Waals surface area contributed by atoms with Crippen molar-refractivity contribution in [3.05, 3.63) is 83.1 Å². The fraction of sp³-hybridized carbons (Fsp3) is 0.312. The first-order valence-corrected chi connectivity index (χ1v) is 14.6. The van der Waals surface area contributed by atoms with Crippen molar-refractivity contribution in [1.29, 1.82) is 5.26 Å². The molecule has 8 heteroatoms. The topological polar surface area (TPSA) is 88.2 Å². The molecular weight excluding hydrogens is 520 g/mol. The molecule has 1 aliphatic heterocycles. The Balaban J connectivity index is 1.76. The Kier molecular flexibility index (Phi) is 10.1. The van der Waals surface area contributed by atoms with Crippen LogP contribution in [-0.2, 0) is 14.3 Å². The largest absolute Gasteiger partial charge is 0.382 e. The number of hydrogen-bond acceptors (Lipinski definition) is 6. The van der Waals surface area contributed by atoms with E-state index in [1.165, 1.54) is 11.3 Å². The number of imide groups is 1. The number of amides is 2. The van der Waals surface area contributed by atoms with Gasteiger partial charge in [0.1, 0.15) is 11.6 Å². The highest BCUT2D eigenvalue weighted by Gasteiger charge is 2.35. The van der Waals surface area contributed by atoms with Crippen LogP contribution in [0.2, 0.25) is 0 Å². The minimum absolute atomic E-state index is 0.0206. The van der Waals surface area contributed by atoms with Crippen LogP contribution in [0.1, 0.15) is 45.6 Å². The summed E-state index contributed by atoms with van der Waals surface area (Å²) in [5.74, 6) is 0.0963. The fourth-order valence-corrected chi connectivity index (χ4v) is 5.43. The maximum Gasteiger partial charge on any atom is 0.271 e. The van der Waals surface area contributed by atoms with E-state index >= 15 is 0 Å². The van der Waals surface area contributed by atoms with Gasteiger partial charge in [-0.15, -0.1) is 11.8 Å². The number of ether oxygens (including phenoxy) is 1. The van der Waals surface area contributed by atoms with Crippen molar-refractivity contribution in [3.63, 3.8) is 0 Å². The number of nitrogens with zero attached hydrogens (tertiary/aromatic N) is 4. The van der Waals surface area contributed by atoms with Gasteiger partial charge in [0.2, 0.25) is 0 Å². The first-order chi connectivity index (χ1) is 19.5. The molecule has 0 aliphatic carbocycles. The highest BCUT2D eigenvalue weighted by molar-refractivity contribution is 7.99. The summed E-state index contributed by atoms with van der Waals surface area (Å²) in [7, 11) is 0. The summed E-state index contributed by atoms with van der Waals surface area (Å²) in [5, 5.41) is 14.7. The lowest BCUT2D eigenvalue weighted by molar-refractivity contribution is -0.140. The number of nitriles is 1. The average molecular weight is 555 g/mol. The number of carbonyl (C=O) groups is 2. The standard InChI is InChI=1S/C32H34N4O3S/c1-4-6-19-40-27-15-13-24(14-16-27)30-25(22-36(34-30)26-11-8-7-9-12-26)20-28-23(3)29(21-33)32(38)35(31(28)37)17-10-18-39-5-2/h7-9,11-16,20,22H,4-6,10,17-19H2,1-3H3/b28-20+. The number of thioether (sulfide) groups is 1. The van der Waals surface area contributed by atoms with Crippen molar-refractivity contribution in [3.8, 4) is 23.0 Å². The van der Waals surface area contributed by atoms with E-state index in [-0.39, 0.29) is 12.1 Å². The molecule has 2 amide bonds. The van der Waals surface area contributed by atoms with Crippen molar-refractivity contribution >= 4 is 29.7 Å². The van der Waals surface area contributed by atoms with E-state index in [1.807, 2.05) is 73.4 Å². The number of hydrogen-bond donors (Lipinski definition) is 0. The quantitative estimate of drug-likeness (QED) is 0.111. The number of carbonyl (C=O) groups excluding carboxylic acids is 2. The third-order valence-electron chi connectivity index (χ3n) is 6.66. The Morgan fingerprint density at radius 3 is 2.45 bits per heavy atom. The van der Waals surface area contributed by atoms with Gasteiger partial charge in [0.15, 0.2) is 0 Å². The van der Waals surface area contributed by atoms with Crippen LogP contribution in [0.15, 0.2) is 82.4 Å². The van der Waals surface area contributed by atoms with Crippen molar-refractivity contribution in [2.24, 2.45) is 0 Å². The normalized spacial score (nSPS) is 14.8. The molecule has 1 aromatic heterocycles. The van der Waals surface area contributed by atoms with Gasteiger partial charge in [0.05, 0.1) is 11.4 Å². The molecule has 7 nitrogen and oxygen atoms in total. The van der Waals surface area contributed by atoms with Gasteiger partial charge in [-0.2, -0.15) is 10.4 Å². The molecule has 0 spiro atoms. The fourth-order valence-electron chi connectivity index (χ4n) is 4.43. The van der Waals surface area contributed by atoms with Gasteiger partial charge in [-0.1, -0.05) is 43.7 Å². The summed E-state index contributed by atoms with van der Waals surface area (Å²) in [5.41, 5.74) is 3.89. The zero-order valence-corrected chi connectivity index (χ0v) is 24.0. The molecule has 2 heterocycles. The van der Waals surface area contributed by atoms with Crippen LogP contribution in [0.25, 0.3) is 23.0 Å². The summed E-state index contributed by atoms with van der Waals surface area (Å²) in [6, 6.07) is 20.1. The van der Waals surface area contributed by atoms with Gasteiger partial charge < -0.3 is 4.74 Å². The van der Waals surface area contributed by atoms with Crippen LogP contribution >= 0.6 is 11.8 Å². The number of aromatic nitrogens is 2. The number of benzene rings is 2. The predicted octanol–water partition coefficient (Wildman–Crippen LogP) is 6.45. The van der Waals surface area contributed by atoms with Crippen molar-refractivity contribution < 1.29 is 14.3 Å². The molecular formula is C32H34N4O3S. The van der Waals surface area contributed by atoms with Gasteiger partial charge in [0, 0.05) is 47.6 Å². The molecule has 0 fully saturated rings. The lowest BCUT2D eigenvalue weighted by Crippen LogP contribution is -2.43. The molecule has 0 saturated carbocycles. The van der Waals surface area contributed by atoms with E-state index < -0.39 is 11.8 Å². The molecule has 1 aliphatic rings. The van der Waals surface area contributed by atoms with Crippen LogP contribution in [0.3, 0.4) is 0 Å². The molecule has 0 radical (unpaired) electrons. The minimum Gasteiger partial charge on any atom is -0.382 e. The first kappa shape index (κ1) is 29.1. The molecule has 0 N–H and O–H groups in total. The zero-order chi connectivity index (χ0) is 28.5. The average Bonchev–Trinajstić information content (AvgIpc) is 3.40. The third kappa shape index (κ3) is 6.61. The lowest BCUT2D eigenvalue weighted by Gasteiger charge is -2.27. The summed E-state index contributed by atoms with van der Waals surface area (Å²) in [4.78, 5) is 28.9. The van der Waals surface area contributed by atoms with Gasteiger partial charge in [-0.3, -0.25) is 14.5 Å². The summed E-state index contributed by atoms with van der Waals surface area (Å²) in [6.45, 7) is 6.90. The Labute approximate surface area is 240 Å². The van der Waals surface area contributed by atoms with Crippen LogP contribution < -0.4 is 0 Å². The van der Waals surface area contributed by atoms with Gasteiger partial charge >= 0.3 is 0 Å². The van der Waals surface area contributed by atoms with Gasteiger partial charge in [-0.25, -0.2) is 4.68 Å². The van der Waals surface area contributed by atoms with E-state index in [0.29, 0.717) is 36.5 Å². The first-order valence-electron chi connectivity index (χ1n) is 13.6. The molecule has 4 rings (SSSR count). The third-order valence-corrected chi connectivity index (χ3v) is 7.76. The van der Waals surface area contributed by atoms with Crippen molar-refractivity contribution in [1.82, 2.24) is 14.7 Å². The van der Waals surface area contributed by atoms with Crippen molar-refractivity contribution in [2.45, 2.75) is 44.9 Å². The Bertz CT molecular complexity index is 1450. The van der Waals surface area contributed by atoms with Crippen LogP contribution in [0.4, 0.5) is 0 Å². The molecule has 206 valence electrons. The summed E-state index contributed by atoms with van der Waals surface area (Å²) in [6.07, 6.45) is 6.46. The van der Waals surface area contributed by atoms with Crippen molar-refractivity contribution in [2.75, 3.05) is 25.5 Å². The Morgan fingerprint density at radius 1 is 1.02 bits per heavy atom. The summed E-state index contributed by atoms with van der Waals surface area (Å²) >= 11 is 1.83. The van der Waals surface area contributed by atoms with E-state index in [9.17, 15) is 14.9 Å². The van der Waals surface area contributed by atoms with Crippen LogP contribution in [0, 0.1) is 11.3 Å². The Hall–Kier alpha value is -3.93. The molecule has 0 saturated heterocycles. The summed E-state index contributed by atoms with van der Waals surface area (Å²) < 4.78 is 7.17. The Morgan fingerprint density at radius 2 is 1.77 bits per heavy atom. The smallest absolute Gasteiger partial charge is 0.271 e. The second-order valence-corrected chi connectivity index (χ2v) is 10.6. The maximum absolute atomic E-state index is 13.6. The number of rotatable bonds is 12. The van der Waals surface area contributed by atoms with Gasteiger partial charge in [0.25, 0.3) is 11.8 Å². The number of unbranched alkanes of at least 4 members (excludes halogenated alkanes) is 1. The van der Waals surface area contributed by atoms with E-state index in [2.05, 4.69) is 19.1 Å². The zero-order valence-electron chi connectivity index (χ0n) is 23.2. The lowest BCUT2D eigenvalue weighted by atomic mass is 9.93. The monoisotopic (exact) mass is 554 g/mol. The molecule has 3 aromatic rings. The van der Waals surface area contributed by atoms with Crippen LogP contribution in [0.5, 0.6) is 0 Å². The van der Waals surface area contributed by atoms with E-state index in [4.69, 9.17) is 9.84 Å². The highest BCUT2D eigenvalue weighted by Crippen LogP contribution is 2.32. The molecule has 2 aromatic carbocycles. The molecule has 0 atom stereocenters. The highest BCUT2D eigenvalue weighted by atomic mass is 32.2. The minimum atomic E-state index is -0.560. The number of para-hydroxylation sites is 1. The van der Waals surface area contributed by atoms with E-state index in [1.54, 1.807) is 17.7 Å². The maximum atomic E-state index is 13.6.